The molecule has 0 aliphatic rings. The maximum atomic E-state index is 12.7. The largest absolute Gasteiger partial charge is 0.481 e. The smallest absolute Gasteiger partial charge is 0.391 e. The normalized spacial score (nSPS) is 12.5. The summed E-state index contributed by atoms with van der Waals surface area (Å²) in [6, 6.07) is 4.57. The lowest BCUT2D eigenvalue weighted by Crippen LogP contribution is -2.40. The number of benzene rings is 1. The maximum Gasteiger partial charge on any atom is 0.391 e. The Labute approximate surface area is 131 Å². The molecule has 1 rings (SSSR count). The fourth-order valence-electron chi connectivity index (χ4n) is 2.10. The van der Waals surface area contributed by atoms with Crippen molar-refractivity contribution in [1.29, 1.82) is 0 Å². The molecule has 8 heteroatoms. The molecular formula is C15H19F3N2O3. The Morgan fingerprint density at radius 2 is 1.91 bits per heavy atom. The van der Waals surface area contributed by atoms with Gasteiger partial charge in [0.05, 0.1) is 12.5 Å². The third kappa shape index (κ3) is 7.53. The molecule has 3 N–H and O–H groups in total. The van der Waals surface area contributed by atoms with Crippen LogP contribution in [0.4, 0.5) is 18.0 Å². The van der Waals surface area contributed by atoms with Gasteiger partial charge in [0.2, 0.25) is 0 Å². The topological polar surface area (TPSA) is 78.4 Å². The van der Waals surface area contributed by atoms with E-state index in [0.29, 0.717) is 11.1 Å². The van der Waals surface area contributed by atoms with E-state index in [1.807, 2.05) is 0 Å². The number of halogens is 3. The molecule has 0 aliphatic heterocycles. The number of amides is 2. The Morgan fingerprint density at radius 1 is 1.26 bits per heavy atom. The number of carboxylic acid groups (broad SMARTS) is 1. The first-order valence-corrected chi connectivity index (χ1v) is 7.07. The minimum atomic E-state index is -4.43. The van der Waals surface area contributed by atoms with Gasteiger partial charge in [-0.3, -0.25) is 4.79 Å². The fraction of sp³-hybridized carbons (Fsp3) is 0.467. The molecule has 0 saturated carbocycles. The predicted octanol–water partition coefficient (Wildman–Crippen LogP) is 3.15. The molecule has 23 heavy (non-hydrogen) atoms. The van der Waals surface area contributed by atoms with Crippen LogP contribution < -0.4 is 10.6 Å². The van der Waals surface area contributed by atoms with E-state index in [9.17, 15) is 22.8 Å². The highest BCUT2D eigenvalue weighted by molar-refractivity contribution is 5.74. The van der Waals surface area contributed by atoms with E-state index >= 15 is 0 Å². The summed E-state index contributed by atoms with van der Waals surface area (Å²) in [5.41, 5.74) is 1.04. The van der Waals surface area contributed by atoms with E-state index in [4.69, 9.17) is 5.11 Å². The third-order valence-electron chi connectivity index (χ3n) is 3.16. The minimum absolute atomic E-state index is 0.0741. The molecular weight excluding hydrogens is 313 g/mol. The lowest BCUT2D eigenvalue weighted by Gasteiger charge is -2.22. The predicted molar refractivity (Wildman–Crippen MR) is 78.0 cm³/mol. The second-order valence-electron chi connectivity index (χ2n) is 5.13. The minimum Gasteiger partial charge on any atom is -0.481 e. The lowest BCUT2D eigenvalue weighted by molar-refractivity contribution is -0.140. The third-order valence-corrected chi connectivity index (χ3v) is 3.16. The van der Waals surface area contributed by atoms with Gasteiger partial charge in [-0.15, -0.1) is 0 Å². The van der Waals surface area contributed by atoms with Crippen molar-refractivity contribution >= 4 is 12.0 Å². The molecule has 1 atom stereocenters. The molecule has 1 aromatic carbocycles. The second-order valence-corrected chi connectivity index (χ2v) is 5.13. The molecule has 128 valence electrons. The van der Waals surface area contributed by atoms with Gasteiger partial charge < -0.3 is 15.7 Å². The molecule has 2 amide bonds. The molecule has 0 aliphatic carbocycles. The van der Waals surface area contributed by atoms with E-state index in [1.165, 1.54) is 6.07 Å². The van der Waals surface area contributed by atoms with Crippen molar-refractivity contribution in [3.63, 3.8) is 0 Å². The van der Waals surface area contributed by atoms with E-state index in [2.05, 4.69) is 10.6 Å². The Bertz CT molecular complexity index is 547. The molecule has 0 bridgehead atoms. The molecule has 0 radical (unpaired) electrons. The number of urea groups is 1. The molecule has 0 fully saturated rings. The van der Waals surface area contributed by atoms with Gasteiger partial charge in [-0.2, -0.15) is 13.2 Å². The molecule has 0 aromatic heterocycles. The molecule has 0 heterocycles. The van der Waals surface area contributed by atoms with Gasteiger partial charge in [0, 0.05) is 13.0 Å². The Morgan fingerprint density at radius 3 is 2.48 bits per heavy atom. The summed E-state index contributed by atoms with van der Waals surface area (Å²) >= 11 is 0. The van der Waals surface area contributed by atoms with Crippen molar-refractivity contribution in [2.75, 3.05) is 6.54 Å². The van der Waals surface area contributed by atoms with Crippen LogP contribution in [-0.4, -0.2) is 29.8 Å². The average molecular weight is 332 g/mol. The van der Waals surface area contributed by atoms with Gasteiger partial charge in [-0.05, 0) is 24.5 Å². The quantitative estimate of drug-likeness (QED) is 0.671. The van der Waals surface area contributed by atoms with Gasteiger partial charge in [0.1, 0.15) is 0 Å². The summed E-state index contributed by atoms with van der Waals surface area (Å²) in [4.78, 5) is 22.1. The lowest BCUT2D eigenvalue weighted by atomic mass is 9.98. The van der Waals surface area contributed by atoms with E-state index in [-0.39, 0.29) is 19.4 Å². The van der Waals surface area contributed by atoms with Gasteiger partial charge in [-0.1, -0.05) is 24.3 Å². The zero-order valence-corrected chi connectivity index (χ0v) is 12.6. The van der Waals surface area contributed by atoms with Crippen LogP contribution in [-0.2, 0) is 4.79 Å². The Balaban J connectivity index is 2.68. The number of carbonyl (C=O) groups excluding carboxylic acids is 1. The van der Waals surface area contributed by atoms with Crippen LogP contribution in [0.1, 0.15) is 36.4 Å². The number of carboxylic acids is 1. The number of nitrogens with one attached hydrogen (secondary N) is 2. The van der Waals surface area contributed by atoms with Gasteiger partial charge in [0.15, 0.2) is 0 Å². The van der Waals surface area contributed by atoms with Gasteiger partial charge in [-0.25, -0.2) is 4.79 Å². The number of aryl methyl sites for hydroxylation is 1. The van der Waals surface area contributed by atoms with Crippen molar-refractivity contribution in [2.24, 2.45) is 0 Å². The van der Waals surface area contributed by atoms with Crippen LogP contribution in [0.25, 0.3) is 0 Å². The summed E-state index contributed by atoms with van der Waals surface area (Å²) in [6.07, 6.45) is -5.52. The molecule has 0 saturated heterocycles. The second kappa shape index (κ2) is 8.40. The summed E-state index contributed by atoms with van der Waals surface area (Å²) in [5.74, 6) is -0.998. The van der Waals surface area contributed by atoms with E-state index in [1.54, 1.807) is 25.1 Å². The number of alkyl halides is 3. The first-order valence-electron chi connectivity index (χ1n) is 7.07. The number of hydrogen-bond donors (Lipinski definition) is 3. The van der Waals surface area contributed by atoms with Gasteiger partial charge in [0.25, 0.3) is 0 Å². The standard InChI is InChI=1S/C15H19F3N2O3/c1-10-5-2-3-6-11(10)12(9-15(16,17)18)20-14(23)19-8-4-7-13(21)22/h2-3,5-6,12H,4,7-9H2,1H3,(H,21,22)(H2,19,20,23). The summed E-state index contributed by atoms with van der Waals surface area (Å²) < 4.78 is 38.2. The summed E-state index contributed by atoms with van der Waals surface area (Å²) in [6.45, 7) is 1.75. The Hall–Kier alpha value is -2.25. The van der Waals surface area contributed by atoms with Crippen molar-refractivity contribution in [3.05, 3.63) is 35.4 Å². The average Bonchev–Trinajstić information content (AvgIpc) is 2.42. The number of aliphatic carboxylic acids is 1. The monoisotopic (exact) mass is 332 g/mol. The fourth-order valence-corrected chi connectivity index (χ4v) is 2.10. The highest BCUT2D eigenvalue weighted by Gasteiger charge is 2.33. The van der Waals surface area contributed by atoms with Crippen molar-refractivity contribution in [1.82, 2.24) is 10.6 Å². The molecule has 1 aromatic rings. The molecule has 0 spiro atoms. The van der Waals surface area contributed by atoms with Crippen molar-refractivity contribution in [2.45, 2.75) is 38.4 Å². The molecule has 5 nitrogen and oxygen atoms in total. The van der Waals surface area contributed by atoms with Crippen LogP contribution in [0.15, 0.2) is 24.3 Å². The van der Waals surface area contributed by atoms with Crippen molar-refractivity contribution in [3.8, 4) is 0 Å². The first-order chi connectivity index (χ1) is 10.7. The highest BCUT2D eigenvalue weighted by atomic mass is 19.4. The van der Waals surface area contributed by atoms with E-state index < -0.39 is 30.6 Å². The van der Waals surface area contributed by atoms with Crippen LogP contribution in [0.5, 0.6) is 0 Å². The SMILES string of the molecule is Cc1ccccc1C(CC(F)(F)F)NC(=O)NCCCC(=O)O. The number of hydrogen-bond acceptors (Lipinski definition) is 2. The maximum absolute atomic E-state index is 12.7. The first kappa shape index (κ1) is 18.8. The van der Waals surface area contributed by atoms with Crippen LogP contribution in [0.2, 0.25) is 0 Å². The summed E-state index contributed by atoms with van der Waals surface area (Å²) in [7, 11) is 0. The number of rotatable bonds is 7. The van der Waals surface area contributed by atoms with E-state index in [0.717, 1.165) is 0 Å². The van der Waals surface area contributed by atoms with Crippen LogP contribution >= 0.6 is 0 Å². The molecule has 1 unspecified atom stereocenters. The van der Waals surface area contributed by atoms with Crippen LogP contribution in [0, 0.1) is 6.92 Å². The summed E-state index contributed by atoms with van der Waals surface area (Å²) in [5, 5.41) is 13.1. The highest BCUT2D eigenvalue weighted by Crippen LogP contribution is 2.30. The Kier molecular flexibility index (Phi) is 6.87. The van der Waals surface area contributed by atoms with Gasteiger partial charge >= 0.3 is 18.2 Å². The number of carbonyl (C=O) groups is 2. The zero-order valence-electron chi connectivity index (χ0n) is 12.6. The van der Waals surface area contributed by atoms with Crippen molar-refractivity contribution < 1.29 is 27.9 Å². The van der Waals surface area contributed by atoms with Crippen LogP contribution in [0.3, 0.4) is 0 Å². The zero-order chi connectivity index (χ0) is 17.5.